The van der Waals surface area contributed by atoms with Crippen LogP contribution in [0.3, 0.4) is 0 Å². The number of hydrogen-bond donors (Lipinski definition) is 2. The van der Waals surface area contributed by atoms with Crippen molar-refractivity contribution >= 4 is 23.2 Å². The molecule has 2 aromatic carbocycles. The van der Waals surface area contributed by atoms with Gasteiger partial charge in [-0.15, -0.1) is 11.3 Å². The van der Waals surface area contributed by atoms with Crippen LogP contribution in [-0.4, -0.2) is 25.0 Å². The van der Waals surface area contributed by atoms with Crippen molar-refractivity contribution in [3.05, 3.63) is 88.1 Å². The third-order valence-electron chi connectivity index (χ3n) is 4.04. The number of amides is 2. The van der Waals surface area contributed by atoms with Crippen LogP contribution in [0.1, 0.15) is 20.8 Å². The average molecular weight is 394 g/mol. The third kappa shape index (κ3) is 6.25. The van der Waals surface area contributed by atoms with E-state index in [4.69, 9.17) is 4.74 Å². The van der Waals surface area contributed by atoms with E-state index in [1.54, 1.807) is 35.6 Å². The van der Waals surface area contributed by atoms with Gasteiger partial charge in [0.1, 0.15) is 5.75 Å². The SMILES string of the molecule is O=C(COc1cccc(C(=O)NCc2ccccc2)c1)NCCc1cccs1. The maximum Gasteiger partial charge on any atom is 0.257 e. The van der Waals surface area contributed by atoms with E-state index in [2.05, 4.69) is 10.6 Å². The van der Waals surface area contributed by atoms with Crippen molar-refractivity contribution in [3.63, 3.8) is 0 Å². The van der Waals surface area contributed by atoms with E-state index in [0.717, 1.165) is 12.0 Å². The highest BCUT2D eigenvalue weighted by Crippen LogP contribution is 2.13. The van der Waals surface area contributed by atoms with E-state index >= 15 is 0 Å². The minimum Gasteiger partial charge on any atom is -0.484 e. The molecular formula is C22H22N2O3S. The first-order valence-electron chi connectivity index (χ1n) is 9.05. The van der Waals surface area contributed by atoms with Crippen LogP contribution in [0.2, 0.25) is 0 Å². The highest BCUT2D eigenvalue weighted by atomic mass is 32.1. The third-order valence-corrected chi connectivity index (χ3v) is 4.97. The van der Waals surface area contributed by atoms with E-state index < -0.39 is 0 Å². The predicted molar refractivity (Wildman–Crippen MR) is 111 cm³/mol. The summed E-state index contributed by atoms with van der Waals surface area (Å²) in [5, 5.41) is 7.72. The van der Waals surface area contributed by atoms with E-state index in [0.29, 0.717) is 24.4 Å². The Labute approximate surface area is 168 Å². The quantitative estimate of drug-likeness (QED) is 0.584. The van der Waals surface area contributed by atoms with Gasteiger partial charge in [-0.05, 0) is 41.6 Å². The van der Waals surface area contributed by atoms with Gasteiger partial charge in [0.15, 0.2) is 6.61 Å². The molecule has 3 aromatic rings. The van der Waals surface area contributed by atoms with E-state index in [1.807, 2.05) is 47.8 Å². The number of rotatable bonds is 9. The smallest absolute Gasteiger partial charge is 0.257 e. The van der Waals surface area contributed by atoms with Gasteiger partial charge in [-0.2, -0.15) is 0 Å². The van der Waals surface area contributed by atoms with Gasteiger partial charge in [0.2, 0.25) is 0 Å². The van der Waals surface area contributed by atoms with Gasteiger partial charge in [0, 0.05) is 23.5 Å². The summed E-state index contributed by atoms with van der Waals surface area (Å²) in [6.45, 7) is 0.946. The molecule has 28 heavy (non-hydrogen) atoms. The zero-order valence-corrected chi connectivity index (χ0v) is 16.2. The van der Waals surface area contributed by atoms with Crippen LogP contribution in [0, 0.1) is 0 Å². The van der Waals surface area contributed by atoms with E-state index in [-0.39, 0.29) is 18.4 Å². The molecule has 0 radical (unpaired) electrons. The molecule has 1 heterocycles. The van der Waals surface area contributed by atoms with Gasteiger partial charge in [0.25, 0.3) is 11.8 Å². The van der Waals surface area contributed by atoms with Crippen LogP contribution in [0.25, 0.3) is 0 Å². The normalized spacial score (nSPS) is 10.3. The van der Waals surface area contributed by atoms with Crippen LogP contribution in [0.5, 0.6) is 5.75 Å². The first kappa shape index (κ1) is 19.6. The van der Waals surface area contributed by atoms with Crippen molar-refractivity contribution < 1.29 is 14.3 Å². The van der Waals surface area contributed by atoms with Gasteiger partial charge >= 0.3 is 0 Å². The summed E-state index contributed by atoms with van der Waals surface area (Å²) >= 11 is 1.67. The summed E-state index contributed by atoms with van der Waals surface area (Å²) < 4.78 is 5.52. The van der Waals surface area contributed by atoms with Crippen LogP contribution in [-0.2, 0) is 17.8 Å². The second-order valence-electron chi connectivity index (χ2n) is 6.16. The van der Waals surface area contributed by atoms with Crippen molar-refractivity contribution in [2.75, 3.05) is 13.2 Å². The zero-order valence-electron chi connectivity index (χ0n) is 15.4. The monoisotopic (exact) mass is 394 g/mol. The van der Waals surface area contributed by atoms with Crippen molar-refractivity contribution in [2.24, 2.45) is 0 Å². The van der Waals surface area contributed by atoms with Gasteiger partial charge in [0.05, 0.1) is 0 Å². The topological polar surface area (TPSA) is 67.4 Å². The molecule has 5 nitrogen and oxygen atoms in total. The summed E-state index contributed by atoms with van der Waals surface area (Å²) in [5.74, 6) is 0.117. The lowest BCUT2D eigenvalue weighted by Crippen LogP contribution is -2.30. The van der Waals surface area contributed by atoms with Crippen molar-refractivity contribution in [2.45, 2.75) is 13.0 Å². The van der Waals surface area contributed by atoms with Crippen molar-refractivity contribution in [1.29, 1.82) is 0 Å². The molecule has 0 atom stereocenters. The number of carbonyl (C=O) groups excluding carboxylic acids is 2. The minimum absolute atomic E-state index is 0.0838. The van der Waals surface area contributed by atoms with Crippen LogP contribution in [0.4, 0.5) is 0 Å². The second-order valence-corrected chi connectivity index (χ2v) is 7.20. The Bertz CT molecular complexity index is 895. The first-order chi connectivity index (χ1) is 13.7. The fourth-order valence-corrected chi connectivity index (χ4v) is 3.30. The number of benzene rings is 2. The number of thiophene rings is 1. The molecule has 0 saturated heterocycles. The zero-order chi connectivity index (χ0) is 19.6. The lowest BCUT2D eigenvalue weighted by molar-refractivity contribution is -0.123. The summed E-state index contributed by atoms with van der Waals surface area (Å²) in [7, 11) is 0. The Hall–Kier alpha value is -3.12. The molecular weight excluding hydrogens is 372 g/mol. The summed E-state index contributed by atoms with van der Waals surface area (Å²) in [6, 6.07) is 20.6. The molecule has 0 aliphatic carbocycles. The molecule has 0 bridgehead atoms. The van der Waals surface area contributed by atoms with E-state index in [1.165, 1.54) is 4.88 Å². The minimum atomic E-state index is -0.185. The number of carbonyl (C=O) groups is 2. The molecule has 6 heteroatoms. The van der Waals surface area contributed by atoms with Crippen LogP contribution in [0.15, 0.2) is 72.1 Å². The Morgan fingerprint density at radius 2 is 1.79 bits per heavy atom. The molecule has 1 aromatic heterocycles. The molecule has 0 aliphatic rings. The Morgan fingerprint density at radius 3 is 2.57 bits per heavy atom. The maximum atomic E-state index is 12.3. The summed E-state index contributed by atoms with van der Waals surface area (Å²) in [5.41, 5.74) is 1.52. The molecule has 2 amide bonds. The highest BCUT2D eigenvalue weighted by Gasteiger charge is 2.08. The highest BCUT2D eigenvalue weighted by molar-refractivity contribution is 7.09. The lowest BCUT2D eigenvalue weighted by Gasteiger charge is -2.09. The van der Waals surface area contributed by atoms with E-state index in [9.17, 15) is 9.59 Å². The molecule has 3 rings (SSSR count). The Morgan fingerprint density at radius 1 is 0.929 bits per heavy atom. The fraction of sp³-hybridized carbons (Fsp3) is 0.182. The van der Waals surface area contributed by atoms with Gasteiger partial charge in [-0.25, -0.2) is 0 Å². The number of ether oxygens (including phenoxy) is 1. The average Bonchev–Trinajstić information content (AvgIpc) is 3.25. The molecule has 2 N–H and O–H groups in total. The van der Waals surface area contributed by atoms with Gasteiger partial charge < -0.3 is 15.4 Å². The molecule has 0 spiro atoms. The standard InChI is InChI=1S/C22H22N2O3S/c25-21(23-12-11-20-10-5-13-28-20)16-27-19-9-4-8-18(14-19)22(26)24-15-17-6-2-1-3-7-17/h1-10,13-14H,11-12,15-16H2,(H,23,25)(H,24,26). The fourth-order valence-electron chi connectivity index (χ4n) is 2.59. The molecule has 0 fully saturated rings. The van der Waals surface area contributed by atoms with Gasteiger partial charge in [-0.1, -0.05) is 42.5 Å². The van der Waals surface area contributed by atoms with Crippen LogP contribution >= 0.6 is 11.3 Å². The van der Waals surface area contributed by atoms with Crippen LogP contribution < -0.4 is 15.4 Å². The molecule has 0 aliphatic heterocycles. The second kappa shape index (κ2) is 10.3. The molecule has 0 saturated carbocycles. The van der Waals surface area contributed by atoms with Crippen molar-refractivity contribution in [1.82, 2.24) is 10.6 Å². The lowest BCUT2D eigenvalue weighted by atomic mass is 10.2. The molecule has 144 valence electrons. The Kier molecular flexibility index (Phi) is 7.21. The van der Waals surface area contributed by atoms with Gasteiger partial charge in [-0.3, -0.25) is 9.59 Å². The number of hydrogen-bond acceptors (Lipinski definition) is 4. The summed E-state index contributed by atoms with van der Waals surface area (Å²) in [4.78, 5) is 25.5. The van der Waals surface area contributed by atoms with Crippen molar-refractivity contribution in [3.8, 4) is 5.75 Å². The molecule has 0 unspecified atom stereocenters. The maximum absolute atomic E-state index is 12.3. The first-order valence-corrected chi connectivity index (χ1v) is 9.93. The summed E-state index contributed by atoms with van der Waals surface area (Å²) in [6.07, 6.45) is 0.806. The number of nitrogens with one attached hydrogen (secondary N) is 2. The Balaban J connectivity index is 1.43. The predicted octanol–water partition coefficient (Wildman–Crippen LogP) is 3.42. The largest absolute Gasteiger partial charge is 0.484 e.